The number of phenolic OH excluding ortho intramolecular Hbond substituents is 1. The number of rotatable bonds is 6. The van der Waals surface area contributed by atoms with E-state index in [1.165, 1.54) is 36.4 Å². The van der Waals surface area contributed by atoms with Gasteiger partial charge in [0.25, 0.3) is 0 Å². The van der Waals surface area contributed by atoms with E-state index >= 15 is 0 Å². The number of hydrogen-bond acceptors (Lipinski definition) is 10. The molecule has 3 aromatic rings. The van der Waals surface area contributed by atoms with Gasteiger partial charge in [0, 0.05) is 18.6 Å². The van der Waals surface area contributed by atoms with Crippen molar-refractivity contribution in [1.82, 2.24) is 0 Å². The van der Waals surface area contributed by atoms with Crippen LogP contribution in [0.15, 0.2) is 57.7 Å². The highest BCUT2D eigenvalue weighted by Gasteiger charge is 2.44. The Balaban J connectivity index is 1.57. The molecule has 176 valence electrons. The Morgan fingerprint density at radius 3 is 2.39 bits per heavy atom. The van der Waals surface area contributed by atoms with Gasteiger partial charge in [-0.25, -0.2) is 0 Å². The summed E-state index contributed by atoms with van der Waals surface area (Å²) in [6.45, 7) is -0.598. The van der Waals surface area contributed by atoms with E-state index in [2.05, 4.69) is 0 Å². The molecule has 33 heavy (non-hydrogen) atoms. The Bertz CT molecular complexity index is 1160. The van der Waals surface area contributed by atoms with Crippen LogP contribution in [0, 0.1) is 0 Å². The fourth-order valence-electron chi connectivity index (χ4n) is 3.65. The summed E-state index contributed by atoms with van der Waals surface area (Å²) in [5, 5.41) is 59.4. The molecule has 6 N–H and O–H groups in total. The van der Waals surface area contributed by atoms with E-state index in [4.69, 9.17) is 13.9 Å². The van der Waals surface area contributed by atoms with Crippen LogP contribution in [0.4, 0.5) is 0 Å². The molecule has 4 rings (SSSR count). The van der Waals surface area contributed by atoms with Crippen molar-refractivity contribution in [3.05, 3.63) is 70.1 Å². The number of fused-ring (bicyclic) bond motifs is 1. The first-order chi connectivity index (χ1) is 15.8. The number of ether oxygens (including phenoxy) is 2. The van der Waals surface area contributed by atoms with Crippen molar-refractivity contribution in [3.8, 4) is 11.5 Å². The molecule has 0 saturated carbocycles. The zero-order valence-electron chi connectivity index (χ0n) is 17.3. The lowest BCUT2D eigenvalue weighted by Crippen LogP contribution is -2.60. The summed E-state index contributed by atoms with van der Waals surface area (Å²) in [6.07, 6.45) is -8.21. The summed E-state index contributed by atoms with van der Waals surface area (Å²) in [6, 6.07) is 11.7. The van der Waals surface area contributed by atoms with Crippen molar-refractivity contribution >= 4 is 11.0 Å². The lowest BCUT2D eigenvalue weighted by atomic mass is 9.99. The highest BCUT2D eigenvalue weighted by Crippen LogP contribution is 2.28. The second-order valence-corrected chi connectivity index (χ2v) is 7.87. The maximum atomic E-state index is 12.5. The van der Waals surface area contributed by atoms with Crippen molar-refractivity contribution in [2.75, 3.05) is 6.61 Å². The molecule has 0 radical (unpaired) electrons. The molecular formula is C23H24O10. The molecule has 2 heterocycles. The summed E-state index contributed by atoms with van der Waals surface area (Å²) in [4.78, 5) is 12.5. The first-order valence-electron chi connectivity index (χ1n) is 10.3. The van der Waals surface area contributed by atoms with Crippen LogP contribution in [-0.2, 0) is 11.2 Å². The van der Waals surface area contributed by atoms with Crippen LogP contribution in [0.25, 0.3) is 11.0 Å². The largest absolute Gasteiger partial charge is 0.508 e. The second-order valence-electron chi connectivity index (χ2n) is 7.87. The normalized spacial score (nSPS) is 26.3. The topological polar surface area (TPSA) is 170 Å². The third kappa shape index (κ3) is 4.86. The van der Waals surface area contributed by atoms with Crippen LogP contribution in [0.3, 0.4) is 0 Å². The molecular weight excluding hydrogens is 436 g/mol. The molecule has 6 unspecified atom stereocenters. The summed E-state index contributed by atoms with van der Waals surface area (Å²) >= 11 is 0. The molecule has 10 heteroatoms. The van der Waals surface area contributed by atoms with Gasteiger partial charge in [0.2, 0.25) is 6.29 Å². The van der Waals surface area contributed by atoms with Crippen molar-refractivity contribution in [3.63, 3.8) is 0 Å². The minimum atomic E-state index is -1.60. The van der Waals surface area contributed by atoms with Crippen LogP contribution in [0.2, 0.25) is 0 Å². The van der Waals surface area contributed by atoms with Gasteiger partial charge in [0.05, 0.1) is 12.0 Å². The summed E-state index contributed by atoms with van der Waals surface area (Å²) in [5.41, 5.74) is 0.461. The second kappa shape index (κ2) is 9.48. The fourth-order valence-corrected chi connectivity index (χ4v) is 3.65. The van der Waals surface area contributed by atoms with Crippen LogP contribution < -0.4 is 10.2 Å². The average molecular weight is 460 g/mol. The van der Waals surface area contributed by atoms with Gasteiger partial charge in [-0.3, -0.25) is 4.79 Å². The number of aliphatic hydroxyl groups is 5. The van der Waals surface area contributed by atoms with Gasteiger partial charge >= 0.3 is 0 Å². The van der Waals surface area contributed by atoms with E-state index in [1.807, 2.05) is 0 Å². The minimum absolute atomic E-state index is 0.0329. The number of phenols is 1. The zero-order chi connectivity index (χ0) is 23.7. The molecule has 0 amide bonds. The number of aliphatic hydroxyl groups excluding tert-OH is 5. The van der Waals surface area contributed by atoms with Gasteiger partial charge in [0.1, 0.15) is 53.4 Å². The number of hydrogen-bond donors (Lipinski definition) is 6. The predicted molar refractivity (Wildman–Crippen MR) is 114 cm³/mol. The SMILES string of the molecule is O=c1cc(C(O)Cc2ccc(O)cc2)oc2cc(OC3OC(CO)C(O)C(O)C3O)ccc12. The van der Waals surface area contributed by atoms with E-state index < -0.39 is 43.4 Å². The molecule has 1 aromatic heterocycles. The number of aromatic hydroxyl groups is 1. The maximum absolute atomic E-state index is 12.5. The van der Waals surface area contributed by atoms with Crippen molar-refractivity contribution < 1.29 is 44.5 Å². The van der Waals surface area contributed by atoms with E-state index in [0.29, 0.717) is 0 Å². The highest BCUT2D eigenvalue weighted by atomic mass is 16.7. The van der Waals surface area contributed by atoms with E-state index in [-0.39, 0.29) is 40.1 Å². The molecule has 1 fully saturated rings. The Kier molecular flexibility index (Phi) is 6.66. The van der Waals surface area contributed by atoms with Crippen LogP contribution in [-0.4, -0.2) is 68.0 Å². The lowest BCUT2D eigenvalue weighted by molar-refractivity contribution is -0.277. The van der Waals surface area contributed by atoms with Gasteiger partial charge in [-0.1, -0.05) is 12.1 Å². The Morgan fingerprint density at radius 2 is 1.70 bits per heavy atom. The molecule has 6 atom stereocenters. The zero-order valence-corrected chi connectivity index (χ0v) is 17.3. The first kappa shape index (κ1) is 23.2. The maximum Gasteiger partial charge on any atom is 0.229 e. The van der Waals surface area contributed by atoms with E-state index in [1.54, 1.807) is 12.1 Å². The standard InChI is InChI=1S/C23H24O10/c24-10-19-20(28)21(29)22(30)23(33-19)31-13-5-6-14-15(26)9-18(32-17(14)8-13)16(27)7-11-1-3-12(25)4-2-11/h1-6,8-9,16,19-25,27-30H,7,10H2. The molecule has 0 spiro atoms. The average Bonchev–Trinajstić information content (AvgIpc) is 2.80. The number of benzene rings is 2. The summed E-state index contributed by atoms with van der Waals surface area (Å²) in [7, 11) is 0. The molecule has 1 aliphatic heterocycles. The van der Waals surface area contributed by atoms with E-state index in [9.17, 15) is 35.4 Å². The van der Waals surface area contributed by atoms with Gasteiger partial charge in [-0.2, -0.15) is 0 Å². The minimum Gasteiger partial charge on any atom is -0.508 e. The fraction of sp³-hybridized carbons (Fsp3) is 0.348. The Morgan fingerprint density at radius 1 is 0.970 bits per heavy atom. The summed E-state index contributed by atoms with van der Waals surface area (Å²) in [5.74, 6) is 0.253. The van der Waals surface area contributed by atoms with Crippen LogP contribution >= 0.6 is 0 Å². The summed E-state index contributed by atoms with van der Waals surface area (Å²) < 4.78 is 16.6. The third-order valence-corrected chi connectivity index (χ3v) is 5.51. The molecule has 10 nitrogen and oxygen atoms in total. The van der Waals surface area contributed by atoms with Crippen molar-refractivity contribution in [1.29, 1.82) is 0 Å². The molecule has 1 aliphatic rings. The van der Waals surface area contributed by atoms with Gasteiger partial charge in [-0.15, -0.1) is 0 Å². The predicted octanol–water partition coefficient (Wildman–Crippen LogP) is -0.0466. The highest BCUT2D eigenvalue weighted by molar-refractivity contribution is 5.78. The van der Waals surface area contributed by atoms with Crippen molar-refractivity contribution in [2.24, 2.45) is 0 Å². The van der Waals surface area contributed by atoms with E-state index in [0.717, 1.165) is 5.56 Å². The first-order valence-corrected chi connectivity index (χ1v) is 10.3. The Labute approximate surface area is 187 Å². The quantitative estimate of drug-likeness (QED) is 0.293. The van der Waals surface area contributed by atoms with Crippen LogP contribution in [0.5, 0.6) is 11.5 Å². The molecule has 2 aromatic carbocycles. The van der Waals surface area contributed by atoms with Crippen LogP contribution in [0.1, 0.15) is 17.4 Å². The van der Waals surface area contributed by atoms with Gasteiger partial charge in [0.15, 0.2) is 5.43 Å². The lowest BCUT2D eigenvalue weighted by Gasteiger charge is -2.39. The molecule has 0 bridgehead atoms. The van der Waals surface area contributed by atoms with Crippen molar-refractivity contribution in [2.45, 2.75) is 43.2 Å². The van der Waals surface area contributed by atoms with Gasteiger partial charge in [-0.05, 0) is 29.8 Å². The Hall–Kier alpha value is -2.99. The molecule has 1 saturated heterocycles. The molecule has 0 aliphatic carbocycles. The smallest absolute Gasteiger partial charge is 0.229 e. The third-order valence-electron chi connectivity index (χ3n) is 5.51. The van der Waals surface area contributed by atoms with Gasteiger partial charge < -0.3 is 44.5 Å². The monoisotopic (exact) mass is 460 g/mol.